The molecule has 1 unspecified atom stereocenters. The number of hydrogen-bond donors (Lipinski definition) is 0. The first-order valence-corrected chi connectivity index (χ1v) is 22.9. The zero-order chi connectivity index (χ0) is 40.0. The van der Waals surface area contributed by atoms with E-state index >= 15 is 0 Å². The van der Waals surface area contributed by atoms with E-state index in [2.05, 4.69) is 200 Å². The van der Waals surface area contributed by atoms with Crippen LogP contribution in [0, 0.1) is 0 Å². The second kappa shape index (κ2) is 17.7. The summed E-state index contributed by atoms with van der Waals surface area (Å²) in [6.45, 7) is 4.69. The summed E-state index contributed by atoms with van der Waals surface area (Å²) in [4.78, 5) is 4.83. The van der Waals surface area contributed by atoms with E-state index in [4.69, 9.17) is 0 Å². The van der Waals surface area contributed by atoms with E-state index in [0.29, 0.717) is 5.92 Å². The highest BCUT2D eigenvalue weighted by atomic mass is 32.1. The van der Waals surface area contributed by atoms with Crippen molar-refractivity contribution in [1.82, 2.24) is 0 Å². The molecule has 0 radical (unpaired) electrons. The molecule has 1 aliphatic carbocycles. The third-order valence-corrected chi connectivity index (χ3v) is 14.2. The molecule has 1 saturated carbocycles. The summed E-state index contributed by atoms with van der Waals surface area (Å²) in [6, 6.07) is 65.9. The second-order valence-electron chi connectivity index (χ2n) is 16.5. The van der Waals surface area contributed by atoms with Gasteiger partial charge in [-0.3, -0.25) is 0 Å². The van der Waals surface area contributed by atoms with Crippen LogP contribution >= 0.6 is 11.3 Å². The van der Waals surface area contributed by atoms with E-state index in [1.807, 2.05) is 11.3 Å². The van der Waals surface area contributed by atoms with Gasteiger partial charge in [-0.2, -0.15) is 0 Å². The Labute approximate surface area is 355 Å². The van der Waals surface area contributed by atoms with Crippen LogP contribution in [0.15, 0.2) is 176 Å². The molecule has 0 aliphatic heterocycles. The van der Waals surface area contributed by atoms with Crippen molar-refractivity contribution in [3.05, 3.63) is 193 Å². The highest BCUT2D eigenvalue weighted by Crippen LogP contribution is 2.45. The van der Waals surface area contributed by atoms with E-state index in [9.17, 15) is 0 Å². The molecule has 0 saturated heterocycles. The quantitative estimate of drug-likeness (QED) is 0.101. The predicted molar refractivity (Wildman–Crippen MR) is 256 cm³/mol. The van der Waals surface area contributed by atoms with E-state index in [0.717, 1.165) is 24.2 Å². The van der Waals surface area contributed by atoms with Crippen LogP contribution in [0.25, 0.3) is 20.2 Å². The zero-order valence-electron chi connectivity index (χ0n) is 34.7. The fraction of sp³-hybridized carbons (Fsp3) is 0.250. The molecular weight excluding hydrogens is 733 g/mol. The topological polar surface area (TPSA) is 6.48 Å². The average Bonchev–Trinajstić information content (AvgIpc) is 3.68. The number of nitrogens with zero attached hydrogens (tertiary/aromatic N) is 2. The molecule has 8 aromatic rings. The van der Waals surface area contributed by atoms with Gasteiger partial charge < -0.3 is 9.80 Å². The summed E-state index contributed by atoms with van der Waals surface area (Å²) >= 11 is 1.89. The van der Waals surface area contributed by atoms with Gasteiger partial charge in [-0.25, -0.2) is 0 Å². The molecule has 1 aliphatic rings. The van der Waals surface area contributed by atoms with E-state index in [1.54, 1.807) is 0 Å². The van der Waals surface area contributed by atoms with Crippen LogP contribution in [0.1, 0.15) is 101 Å². The Bertz CT molecular complexity index is 2530. The normalized spacial score (nSPS) is 14.3. The van der Waals surface area contributed by atoms with Crippen molar-refractivity contribution in [2.45, 2.75) is 89.4 Å². The molecule has 1 atom stereocenters. The van der Waals surface area contributed by atoms with Crippen LogP contribution in [-0.2, 0) is 5.41 Å². The minimum atomic E-state index is -0.0982. The van der Waals surface area contributed by atoms with Gasteiger partial charge in [0.25, 0.3) is 0 Å². The Morgan fingerprint density at radius 2 is 0.966 bits per heavy atom. The maximum absolute atomic E-state index is 2.47. The van der Waals surface area contributed by atoms with Gasteiger partial charge in [-0.15, -0.1) is 11.3 Å². The Balaban J connectivity index is 1.10. The van der Waals surface area contributed by atoms with Crippen molar-refractivity contribution >= 4 is 65.6 Å². The molecule has 0 spiro atoms. The van der Waals surface area contributed by atoms with E-state index in [1.165, 1.54) is 111 Å². The van der Waals surface area contributed by atoms with Gasteiger partial charge in [0.2, 0.25) is 0 Å². The van der Waals surface area contributed by atoms with Gasteiger partial charge in [-0.1, -0.05) is 149 Å². The number of benzene rings is 7. The first kappa shape index (κ1) is 38.9. The number of thiophene rings is 1. The van der Waals surface area contributed by atoms with Gasteiger partial charge in [0.1, 0.15) is 0 Å². The SMILES string of the molecule is CCCCCC(CC)(c1ccc(N(c2ccccc2)c2ccccc2)cc1)c1ccc(N(c2ccc(C3CCCCC3)cc2)c2ccc3c(c2)sc2ccccc23)cc1. The van der Waals surface area contributed by atoms with E-state index < -0.39 is 0 Å². The molecule has 9 rings (SSSR count). The van der Waals surface area contributed by atoms with Crippen LogP contribution in [0.4, 0.5) is 34.1 Å². The van der Waals surface area contributed by atoms with Crippen LogP contribution in [0.5, 0.6) is 0 Å². The van der Waals surface area contributed by atoms with Crippen LogP contribution in [0.3, 0.4) is 0 Å². The third kappa shape index (κ3) is 7.94. The number of anilines is 6. The lowest BCUT2D eigenvalue weighted by atomic mass is 9.69. The minimum absolute atomic E-state index is 0.0982. The standard InChI is InChI=1S/C56H56N2S/c1-3-5-17-40-56(4-2,44-28-34-49(35-29-44)57(46-20-11-7-12-21-46)47-22-13-8-14-23-47)45-30-36-50(37-31-45)58(48-32-26-43(27-33-48)42-18-9-6-10-19-42)51-38-39-53-52-24-15-16-25-54(52)59-55(53)41-51/h7-8,11-16,20-39,41-42H,3-6,9-10,17-19,40H2,1-2H3. The zero-order valence-corrected chi connectivity index (χ0v) is 35.5. The summed E-state index contributed by atoms with van der Waals surface area (Å²) in [6.07, 6.45) is 12.5. The lowest BCUT2D eigenvalue weighted by molar-refractivity contribution is 0.431. The Morgan fingerprint density at radius 1 is 0.475 bits per heavy atom. The highest BCUT2D eigenvalue weighted by molar-refractivity contribution is 7.25. The first-order valence-electron chi connectivity index (χ1n) is 22.1. The summed E-state index contributed by atoms with van der Waals surface area (Å²) < 4.78 is 2.67. The first-order chi connectivity index (χ1) is 29.1. The average molecular weight is 789 g/mol. The molecule has 2 nitrogen and oxygen atoms in total. The van der Waals surface area contributed by atoms with Crippen molar-refractivity contribution in [3.63, 3.8) is 0 Å². The fourth-order valence-electron chi connectivity index (χ4n) is 9.81. The van der Waals surface area contributed by atoms with Crippen LogP contribution < -0.4 is 9.80 Å². The molecule has 1 aromatic heterocycles. The molecule has 1 heterocycles. The Kier molecular flexibility index (Phi) is 11.7. The van der Waals surface area contributed by atoms with E-state index in [-0.39, 0.29) is 5.41 Å². The van der Waals surface area contributed by atoms with Gasteiger partial charge >= 0.3 is 0 Å². The molecular formula is C56H56N2S. The maximum atomic E-state index is 2.47. The fourth-order valence-corrected chi connectivity index (χ4v) is 10.9. The smallest absolute Gasteiger partial charge is 0.0476 e. The summed E-state index contributed by atoms with van der Waals surface area (Å²) in [5.41, 5.74) is 11.3. The predicted octanol–water partition coefficient (Wildman–Crippen LogP) is 17.3. The Morgan fingerprint density at radius 3 is 1.54 bits per heavy atom. The largest absolute Gasteiger partial charge is 0.311 e. The van der Waals surface area contributed by atoms with Crippen molar-refractivity contribution in [2.75, 3.05) is 9.80 Å². The van der Waals surface area contributed by atoms with Gasteiger partial charge in [-0.05, 0) is 127 Å². The molecule has 59 heavy (non-hydrogen) atoms. The van der Waals surface area contributed by atoms with Crippen molar-refractivity contribution < 1.29 is 0 Å². The van der Waals surface area contributed by atoms with Crippen LogP contribution in [-0.4, -0.2) is 0 Å². The molecule has 0 N–H and O–H groups in total. The van der Waals surface area contributed by atoms with Gasteiger partial charge in [0, 0.05) is 59.7 Å². The lowest BCUT2D eigenvalue weighted by Crippen LogP contribution is -2.27. The summed E-state index contributed by atoms with van der Waals surface area (Å²) in [5.74, 6) is 0.684. The Hall–Kier alpha value is -5.64. The second-order valence-corrected chi connectivity index (χ2v) is 17.6. The number of unbranched alkanes of at least 4 members (excludes halogenated alkanes) is 2. The molecule has 7 aromatic carbocycles. The van der Waals surface area contributed by atoms with Crippen molar-refractivity contribution in [3.8, 4) is 0 Å². The maximum Gasteiger partial charge on any atom is 0.0476 e. The monoisotopic (exact) mass is 788 g/mol. The van der Waals surface area contributed by atoms with Crippen molar-refractivity contribution in [2.24, 2.45) is 0 Å². The molecule has 3 heteroatoms. The molecule has 0 amide bonds. The van der Waals surface area contributed by atoms with Crippen molar-refractivity contribution in [1.29, 1.82) is 0 Å². The summed E-state index contributed by atoms with van der Waals surface area (Å²) in [7, 11) is 0. The van der Waals surface area contributed by atoms with Gasteiger partial charge in [0.05, 0.1) is 0 Å². The highest BCUT2D eigenvalue weighted by Gasteiger charge is 2.33. The number of fused-ring (bicyclic) bond motifs is 3. The number of hydrogen-bond acceptors (Lipinski definition) is 3. The van der Waals surface area contributed by atoms with Gasteiger partial charge in [0.15, 0.2) is 0 Å². The lowest BCUT2D eigenvalue weighted by Gasteiger charge is -2.36. The molecule has 0 bridgehead atoms. The summed E-state index contributed by atoms with van der Waals surface area (Å²) in [5, 5.41) is 2.67. The number of para-hydroxylation sites is 2. The number of rotatable bonds is 14. The molecule has 1 fully saturated rings. The minimum Gasteiger partial charge on any atom is -0.311 e. The van der Waals surface area contributed by atoms with Crippen LogP contribution in [0.2, 0.25) is 0 Å². The third-order valence-electron chi connectivity index (χ3n) is 13.0. The molecule has 296 valence electrons.